The average molecular weight is 149 g/mol. The maximum Gasteiger partial charge on any atom is 0.0643 e. The molecule has 0 amide bonds. The molecule has 0 aromatic carbocycles. The molecule has 0 aromatic rings. The van der Waals surface area contributed by atoms with E-state index in [2.05, 4.69) is 30.6 Å². The summed E-state index contributed by atoms with van der Waals surface area (Å²) in [4.78, 5) is 0. The lowest BCUT2D eigenvalue weighted by Crippen LogP contribution is -1.87. The van der Waals surface area contributed by atoms with E-state index in [0.29, 0.717) is 0 Å². The first kappa shape index (κ1) is 6.29. The van der Waals surface area contributed by atoms with Crippen molar-refractivity contribution in [3.8, 4) is 0 Å². The van der Waals surface area contributed by atoms with Crippen LogP contribution in [0.15, 0.2) is 34.8 Å². The molecular weight excluding hydrogens is 140 g/mol. The van der Waals surface area contributed by atoms with Gasteiger partial charge in [-0.25, -0.2) is 0 Å². The Bertz CT molecular complexity index is 233. The molecule has 1 radical (unpaired) electrons. The van der Waals surface area contributed by atoms with E-state index in [9.17, 15) is 0 Å². The standard InChI is InChI=1S/C9H9S/c1-2-9-8-5-3-4-7(8)6-10-9/h3-6H,2H2,1H3. The second-order valence-electron chi connectivity index (χ2n) is 2.41. The Hall–Kier alpha value is -0.430. The highest BCUT2D eigenvalue weighted by molar-refractivity contribution is 8.05. The topological polar surface area (TPSA) is 0 Å². The third-order valence-corrected chi connectivity index (χ3v) is 2.96. The smallest absolute Gasteiger partial charge is 0.0643 e. The van der Waals surface area contributed by atoms with Crippen molar-refractivity contribution in [2.75, 3.05) is 0 Å². The van der Waals surface area contributed by atoms with Gasteiger partial charge in [0.2, 0.25) is 0 Å². The van der Waals surface area contributed by atoms with Crippen LogP contribution in [0.1, 0.15) is 13.3 Å². The molecule has 0 aromatic heterocycles. The normalized spacial score (nSPS) is 22.9. The zero-order valence-electron chi connectivity index (χ0n) is 5.92. The third-order valence-electron chi connectivity index (χ3n) is 1.80. The van der Waals surface area contributed by atoms with E-state index < -0.39 is 0 Å². The van der Waals surface area contributed by atoms with Gasteiger partial charge in [0, 0.05) is 0 Å². The molecule has 1 heteroatoms. The van der Waals surface area contributed by atoms with Crippen LogP contribution in [0.25, 0.3) is 0 Å². The van der Waals surface area contributed by atoms with Gasteiger partial charge in [0.15, 0.2) is 0 Å². The number of allylic oxidation sites excluding steroid dienone is 4. The van der Waals surface area contributed by atoms with Gasteiger partial charge in [-0.15, -0.1) is 11.8 Å². The van der Waals surface area contributed by atoms with E-state index in [4.69, 9.17) is 0 Å². The summed E-state index contributed by atoms with van der Waals surface area (Å²) in [5, 5.41) is 3.74. The van der Waals surface area contributed by atoms with E-state index >= 15 is 0 Å². The van der Waals surface area contributed by atoms with Crippen LogP contribution >= 0.6 is 11.8 Å². The molecule has 0 N–H and O–H groups in total. The minimum absolute atomic E-state index is 1.16. The SMILES string of the molecule is CC[C]1SC=C2C=CC=C12. The molecule has 0 saturated heterocycles. The maximum absolute atomic E-state index is 2.23. The van der Waals surface area contributed by atoms with Gasteiger partial charge < -0.3 is 0 Å². The van der Waals surface area contributed by atoms with Gasteiger partial charge >= 0.3 is 0 Å². The van der Waals surface area contributed by atoms with Crippen LogP contribution < -0.4 is 0 Å². The van der Waals surface area contributed by atoms with Crippen LogP contribution in [0.4, 0.5) is 0 Å². The van der Waals surface area contributed by atoms with Crippen molar-refractivity contribution < 1.29 is 0 Å². The van der Waals surface area contributed by atoms with Crippen LogP contribution in [0.2, 0.25) is 0 Å². The number of hydrogen-bond acceptors (Lipinski definition) is 1. The zero-order valence-corrected chi connectivity index (χ0v) is 6.74. The Balaban J connectivity index is 2.27. The summed E-state index contributed by atoms with van der Waals surface area (Å²) >= 11 is 1.87. The van der Waals surface area contributed by atoms with E-state index in [0.717, 1.165) is 6.42 Å². The summed E-state index contributed by atoms with van der Waals surface area (Å²) in [6, 6.07) is 0. The van der Waals surface area contributed by atoms with E-state index in [1.807, 2.05) is 11.8 Å². The Labute approximate surface area is 65.7 Å². The molecular formula is C9H9S. The van der Waals surface area contributed by atoms with E-state index in [1.54, 1.807) is 0 Å². The van der Waals surface area contributed by atoms with Gasteiger partial charge in [0.05, 0.1) is 5.25 Å². The average Bonchev–Trinajstić information content (AvgIpc) is 2.44. The summed E-state index contributed by atoms with van der Waals surface area (Å²) in [6.07, 6.45) is 7.66. The first-order valence-electron chi connectivity index (χ1n) is 3.53. The molecule has 0 atom stereocenters. The Morgan fingerprint density at radius 3 is 3.20 bits per heavy atom. The molecule has 2 rings (SSSR count). The largest absolute Gasteiger partial charge is 0.120 e. The fourth-order valence-electron chi connectivity index (χ4n) is 1.26. The highest BCUT2D eigenvalue weighted by Gasteiger charge is 2.22. The monoisotopic (exact) mass is 149 g/mol. The highest BCUT2D eigenvalue weighted by atomic mass is 32.2. The third kappa shape index (κ3) is 0.772. The first-order chi connectivity index (χ1) is 4.92. The van der Waals surface area contributed by atoms with Crippen molar-refractivity contribution in [2.45, 2.75) is 13.3 Å². The van der Waals surface area contributed by atoms with Crippen LogP contribution in [-0.4, -0.2) is 0 Å². The van der Waals surface area contributed by atoms with Crippen molar-refractivity contribution in [2.24, 2.45) is 0 Å². The minimum atomic E-state index is 1.16. The molecule has 1 aliphatic carbocycles. The second-order valence-corrected chi connectivity index (χ2v) is 3.37. The van der Waals surface area contributed by atoms with E-state index in [-0.39, 0.29) is 0 Å². The van der Waals surface area contributed by atoms with Gasteiger partial charge in [-0.05, 0) is 23.0 Å². The van der Waals surface area contributed by atoms with E-state index in [1.165, 1.54) is 16.4 Å². The summed E-state index contributed by atoms with van der Waals surface area (Å²) in [7, 11) is 0. The lowest BCUT2D eigenvalue weighted by Gasteiger charge is -2.04. The van der Waals surface area contributed by atoms with Crippen LogP contribution in [-0.2, 0) is 0 Å². The maximum atomic E-state index is 2.23. The molecule has 0 unspecified atom stereocenters. The molecule has 0 fully saturated rings. The molecule has 10 heavy (non-hydrogen) atoms. The van der Waals surface area contributed by atoms with Crippen molar-refractivity contribution in [1.82, 2.24) is 0 Å². The number of hydrogen-bond donors (Lipinski definition) is 0. The molecule has 2 aliphatic rings. The lowest BCUT2D eigenvalue weighted by molar-refractivity contribution is 1.09. The molecule has 0 saturated carbocycles. The van der Waals surface area contributed by atoms with Crippen LogP contribution in [0.3, 0.4) is 0 Å². The number of rotatable bonds is 1. The van der Waals surface area contributed by atoms with Crippen molar-refractivity contribution >= 4 is 11.8 Å². The zero-order chi connectivity index (χ0) is 6.97. The second kappa shape index (κ2) is 2.31. The summed E-state index contributed by atoms with van der Waals surface area (Å²) in [6.45, 7) is 2.21. The molecule has 0 spiro atoms. The van der Waals surface area contributed by atoms with Gasteiger partial charge in [0.25, 0.3) is 0 Å². The van der Waals surface area contributed by atoms with Crippen molar-refractivity contribution in [3.63, 3.8) is 0 Å². The van der Waals surface area contributed by atoms with Crippen molar-refractivity contribution in [3.05, 3.63) is 40.0 Å². The van der Waals surface area contributed by atoms with Gasteiger partial charge in [-0.3, -0.25) is 0 Å². The molecule has 51 valence electrons. The Morgan fingerprint density at radius 1 is 1.50 bits per heavy atom. The van der Waals surface area contributed by atoms with Gasteiger partial charge in [0.1, 0.15) is 0 Å². The minimum Gasteiger partial charge on any atom is -0.120 e. The molecule has 1 aliphatic heterocycles. The summed E-state index contributed by atoms with van der Waals surface area (Å²) < 4.78 is 0. The molecule has 0 bridgehead atoms. The predicted octanol–water partition coefficient (Wildman–Crippen LogP) is 3.06. The van der Waals surface area contributed by atoms with Crippen molar-refractivity contribution in [1.29, 1.82) is 0 Å². The Kier molecular flexibility index (Phi) is 1.46. The number of fused-ring (bicyclic) bond motifs is 1. The quantitative estimate of drug-likeness (QED) is 0.552. The van der Waals surface area contributed by atoms with Crippen LogP contribution in [0.5, 0.6) is 0 Å². The van der Waals surface area contributed by atoms with Gasteiger partial charge in [-0.2, -0.15) is 0 Å². The first-order valence-corrected chi connectivity index (χ1v) is 4.41. The fourth-order valence-corrected chi connectivity index (χ4v) is 2.22. The molecule has 1 heterocycles. The molecule has 0 nitrogen and oxygen atoms in total. The lowest BCUT2D eigenvalue weighted by atomic mass is 10.1. The highest BCUT2D eigenvalue weighted by Crippen LogP contribution is 2.45. The summed E-state index contributed by atoms with van der Waals surface area (Å²) in [5.41, 5.74) is 2.86. The van der Waals surface area contributed by atoms with Crippen LogP contribution in [0, 0.1) is 5.25 Å². The summed E-state index contributed by atoms with van der Waals surface area (Å²) in [5.74, 6) is 0. The van der Waals surface area contributed by atoms with Gasteiger partial charge in [-0.1, -0.05) is 25.2 Å². The number of thioether (sulfide) groups is 1. The Morgan fingerprint density at radius 2 is 2.40 bits per heavy atom. The predicted molar refractivity (Wildman–Crippen MR) is 46.4 cm³/mol. The fraction of sp³-hybridized carbons (Fsp3) is 0.222.